The first-order chi connectivity index (χ1) is 7.20. The number of hydrogen-bond donors (Lipinski definition) is 0. The van der Waals surface area contributed by atoms with E-state index in [4.69, 9.17) is 0 Å². The Morgan fingerprint density at radius 2 is 2.20 bits per heavy atom. The molecule has 15 heavy (non-hydrogen) atoms. The molecule has 2 heterocycles. The molecule has 0 spiro atoms. The van der Waals surface area contributed by atoms with Gasteiger partial charge in [0.25, 0.3) is 0 Å². The number of carbonyl (C=O) groups excluding carboxylic acids is 2. The van der Waals surface area contributed by atoms with Gasteiger partial charge in [-0.25, -0.2) is 0 Å². The summed E-state index contributed by atoms with van der Waals surface area (Å²) in [6.07, 6.45) is 3.34. The summed E-state index contributed by atoms with van der Waals surface area (Å²) in [6.45, 7) is 4.69. The van der Waals surface area contributed by atoms with E-state index < -0.39 is 0 Å². The molecule has 4 nitrogen and oxygen atoms in total. The monoisotopic (exact) mass is 210 g/mol. The van der Waals surface area contributed by atoms with Crippen molar-refractivity contribution in [3.8, 4) is 0 Å². The van der Waals surface area contributed by atoms with Gasteiger partial charge in [-0.1, -0.05) is 0 Å². The highest BCUT2D eigenvalue weighted by atomic mass is 16.1. The molecule has 0 aromatic carbocycles. The fraction of sp³-hybridized carbons (Fsp3) is 0.818. The van der Waals surface area contributed by atoms with Crippen molar-refractivity contribution in [2.45, 2.75) is 38.3 Å². The van der Waals surface area contributed by atoms with E-state index in [1.807, 2.05) is 4.90 Å². The number of carbonyl (C=O) groups is 2. The summed E-state index contributed by atoms with van der Waals surface area (Å²) in [5.74, 6) is 0.379. The molecule has 2 atom stereocenters. The molecule has 4 heteroatoms. The van der Waals surface area contributed by atoms with Gasteiger partial charge in [-0.3, -0.25) is 14.5 Å². The van der Waals surface area contributed by atoms with Crippen molar-refractivity contribution in [1.29, 1.82) is 0 Å². The van der Waals surface area contributed by atoms with E-state index in [1.54, 1.807) is 0 Å². The molecule has 2 aliphatic rings. The zero-order chi connectivity index (χ0) is 10.8. The second kappa shape index (κ2) is 4.31. The van der Waals surface area contributed by atoms with Crippen molar-refractivity contribution in [2.24, 2.45) is 0 Å². The highest BCUT2D eigenvalue weighted by Gasteiger charge is 2.33. The SMILES string of the molecule is CC1CC(=O)CCN1C1CCN(C=O)C1. The van der Waals surface area contributed by atoms with Crippen molar-refractivity contribution >= 4 is 12.2 Å². The maximum atomic E-state index is 11.3. The molecule has 0 N–H and O–H groups in total. The van der Waals surface area contributed by atoms with Crippen LogP contribution < -0.4 is 0 Å². The largest absolute Gasteiger partial charge is 0.344 e. The Labute approximate surface area is 90.2 Å². The second-order valence-corrected chi connectivity index (χ2v) is 4.62. The summed E-state index contributed by atoms with van der Waals surface area (Å²) >= 11 is 0. The van der Waals surface area contributed by atoms with Crippen LogP contribution in [-0.2, 0) is 9.59 Å². The fourth-order valence-electron chi connectivity index (χ4n) is 2.70. The lowest BCUT2D eigenvalue weighted by atomic mass is 9.99. The standard InChI is InChI=1S/C11H18N2O2/c1-9-6-11(15)3-5-13(9)10-2-4-12(7-10)8-14/h8-10H,2-7H2,1H3. The minimum atomic E-state index is 0.350. The minimum absolute atomic E-state index is 0.350. The Morgan fingerprint density at radius 3 is 2.80 bits per heavy atom. The third-order valence-electron chi connectivity index (χ3n) is 3.55. The van der Waals surface area contributed by atoms with Gasteiger partial charge in [-0.2, -0.15) is 0 Å². The predicted octanol–water partition coefficient (Wildman–Crippen LogP) is 0.270. The molecule has 2 aliphatic heterocycles. The second-order valence-electron chi connectivity index (χ2n) is 4.62. The van der Waals surface area contributed by atoms with E-state index >= 15 is 0 Å². The number of ketones is 1. The van der Waals surface area contributed by atoms with Crippen LogP contribution in [0.15, 0.2) is 0 Å². The highest BCUT2D eigenvalue weighted by molar-refractivity contribution is 5.79. The number of rotatable bonds is 2. The summed E-state index contributed by atoms with van der Waals surface area (Å²) in [4.78, 5) is 26.1. The van der Waals surface area contributed by atoms with Crippen LogP contribution in [0.4, 0.5) is 0 Å². The van der Waals surface area contributed by atoms with Gasteiger partial charge < -0.3 is 4.90 Å². The van der Waals surface area contributed by atoms with Crippen molar-refractivity contribution in [1.82, 2.24) is 9.80 Å². The van der Waals surface area contributed by atoms with Gasteiger partial charge in [0.15, 0.2) is 0 Å². The van der Waals surface area contributed by atoms with E-state index in [0.29, 0.717) is 30.7 Å². The number of nitrogens with zero attached hydrogens (tertiary/aromatic N) is 2. The van der Waals surface area contributed by atoms with Crippen molar-refractivity contribution in [3.63, 3.8) is 0 Å². The Morgan fingerprint density at radius 1 is 1.40 bits per heavy atom. The van der Waals surface area contributed by atoms with Crippen LogP contribution in [0.25, 0.3) is 0 Å². The third-order valence-corrected chi connectivity index (χ3v) is 3.55. The topological polar surface area (TPSA) is 40.6 Å². The smallest absolute Gasteiger partial charge is 0.209 e. The van der Waals surface area contributed by atoms with Crippen molar-refractivity contribution in [3.05, 3.63) is 0 Å². The number of likely N-dealkylation sites (tertiary alicyclic amines) is 2. The quantitative estimate of drug-likeness (QED) is 0.614. The van der Waals surface area contributed by atoms with Crippen molar-refractivity contribution < 1.29 is 9.59 Å². The average Bonchev–Trinajstić information content (AvgIpc) is 2.66. The average molecular weight is 210 g/mol. The van der Waals surface area contributed by atoms with Crippen LogP contribution in [0.1, 0.15) is 26.2 Å². The van der Waals surface area contributed by atoms with Crippen LogP contribution in [-0.4, -0.2) is 53.7 Å². The maximum absolute atomic E-state index is 11.3. The molecule has 0 aromatic rings. The van der Waals surface area contributed by atoms with Gasteiger partial charge in [-0.05, 0) is 13.3 Å². The zero-order valence-electron chi connectivity index (χ0n) is 9.19. The van der Waals surface area contributed by atoms with Gasteiger partial charge in [-0.15, -0.1) is 0 Å². The molecule has 0 aliphatic carbocycles. The first-order valence-corrected chi connectivity index (χ1v) is 5.67. The molecule has 2 rings (SSSR count). The molecule has 0 saturated carbocycles. The number of Topliss-reactive ketones (excluding diaryl/α,β-unsaturated/α-hetero) is 1. The molecule has 2 saturated heterocycles. The van der Waals surface area contributed by atoms with Crippen LogP contribution in [0.5, 0.6) is 0 Å². The predicted molar refractivity (Wildman–Crippen MR) is 56.5 cm³/mol. The summed E-state index contributed by atoms with van der Waals surface area (Å²) in [7, 11) is 0. The lowest BCUT2D eigenvalue weighted by Gasteiger charge is -2.37. The Balaban J connectivity index is 1.93. The molecule has 2 unspecified atom stereocenters. The zero-order valence-corrected chi connectivity index (χ0v) is 9.19. The number of hydrogen-bond acceptors (Lipinski definition) is 3. The third kappa shape index (κ3) is 2.20. The van der Waals surface area contributed by atoms with E-state index in [2.05, 4.69) is 11.8 Å². The fourth-order valence-corrected chi connectivity index (χ4v) is 2.70. The van der Waals surface area contributed by atoms with Gasteiger partial charge >= 0.3 is 0 Å². The summed E-state index contributed by atoms with van der Waals surface area (Å²) in [5.41, 5.74) is 0. The maximum Gasteiger partial charge on any atom is 0.209 e. The molecule has 0 bridgehead atoms. The van der Waals surface area contributed by atoms with E-state index in [0.717, 1.165) is 32.5 Å². The van der Waals surface area contributed by atoms with E-state index in [9.17, 15) is 9.59 Å². The molecule has 84 valence electrons. The first-order valence-electron chi connectivity index (χ1n) is 5.67. The minimum Gasteiger partial charge on any atom is -0.344 e. The Kier molecular flexibility index (Phi) is 3.05. The Hall–Kier alpha value is -0.900. The van der Waals surface area contributed by atoms with Crippen LogP contribution in [0.3, 0.4) is 0 Å². The molecular weight excluding hydrogens is 192 g/mol. The lowest BCUT2D eigenvalue weighted by Crippen LogP contribution is -2.48. The molecule has 0 aromatic heterocycles. The molecule has 1 amide bonds. The van der Waals surface area contributed by atoms with Crippen LogP contribution in [0.2, 0.25) is 0 Å². The summed E-state index contributed by atoms with van der Waals surface area (Å²) in [6, 6.07) is 0.821. The summed E-state index contributed by atoms with van der Waals surface area (Å²) < 4.78 is 0. The Bertz CT molecular complexity index is 267. The van der Waals surface area contributed by atoms with E-state index in [-0.39, 0.29) is 0 Å². The van der Waals surface area contributed by atoms with E-state index in [1.165, 1.54) is 0 Å². The molecule has 2 fully saturated rings. The van der Waals surface area contributed by atoms with Gasteiger partial charge in [0.1, 0.15) is 5.78 Å². The molecule has 0 radical (unpaired) electrons. The van der Waals surface area contributed by atoms with Gasteiger partial charge in [0.2, 0.25) is 6.41 Å². The normalized spacial score (nSPS) is 33.4. The van der Waals surface area contributed by atoms with Crippen LogP contribution in [0, 0.1) is 0 Å². The van der Waals surface area contributed by atoms with Crippen molar-refractivity contribution in [2.75, 3.05) is 19.6 Å². The van der Waals surface area contributed by atoms with Crippen LogP contribution >= 0.6 is 0 Å². The number of amides is 1. The van der Waals surface area contributed by atoms with Gasteiger partial charge in [0.05, 0.1) is 0 Å². The first kappa shape index (κ1) is 10.6. The molecular formula is C11H18N2O2. The van der Waals surface area contributed by atoms with Gasteiger partial charge in [0, 0.05) is 44.6 Å². The lowest BCUT2D eigenvalue weighted by molar-refractivity contribution is -0.124. The number of piperidine rings is 1. The highest BCUT2D eigenvalue weighted by Crippen LogP contribution is 2.22. The summed E-state index contributed by atoms with van der Waals surface area (Å²) in [5, 5.41) is 0.